The molecular formula is C16H14F6N2O. The molecule has 0 saturated carbocycles. The first-order chi connectivity index (χ1) is 11.4. The molecule has 25 heavy (non-hydrogen) atoms. The van der Waals surface area contributed by atoms with Crippen LogP contribution >= 0.6 is 0 Å². The van der Waals surface area contributed by atoms with E-state index in [9.17, 15) is 31.4 Å². The fraction of sp³-hybridized carbons (Fsp3) is 0.250. The van der Waals surface area contributed by atoms with E-state index in [0.717, 1.165) is 18.2 Å². The van der Waals surface area contributed by atoms with Crippen LogP contribution in [0.25, 0.3) is 0 Å². The fourth-order valence-electron chi connectivity index (χ4n) is 2.68. The van der Waals surface area contributed by atoms with Gasteiger partial charge in [-0.05, 0) is 35.4 Å². The van der Waals surface area contributed by atoms with E-state index in [2.05, 4.69) is 5.32 Å². The molecule has 0 aromatic heterocycles. The van der Waals surface area contributed by atoms with Crippen LogP contribution in [0.1, 0.15) is 11.1 Å². The summed E-state index contributed by atoms with van der Waals surface area (Å²) in [6, 6.07) is 5.73. The summed E-state index contributed by atoms with van der Waals surface area (Å²) in [7, 11) is 1.38. The summed E-state index contributed by atoms with van der Waals surface area (Å²) in [5.74, 6) is -0.606. The lowest BCUT2D eigenvalue weighted by Gasteiger charge is -2.38. The van der Waals surface area contributed by atoms with E-state index in [4.69, 9.17) is 5.73 Å². The van der Waals surface area contributed by atoms with E-state index in [1.807, 2.05) is 0 Å². The van der Waals surface area contributed by atoms with Crippen LogP contribution in [0.15, 0.2) is 42.5 Å². The largest absolute Gasteiger partial charge is 0.506 e. The Balaban J connectivity index is 2.93. The summed E-state index contributed by atoms with van der Waals surface area (Å²) >= 11 is 0. The Kier molecular flexibility index (Phi) is 4.54. The van der Waals surface area contributed by atoms with Gasteiger partial charge in [-0.25, -0.2) is 0 Å². The number of alkyl halides is 6. The van der Waals surface area contributed by atoms with Gasteiger partial charge in [0.05, 0.1) is 5.69 Å². The third-order valence-corrected chi connectivity index (χ3v) is 3.90. The normalized spacial score (nSPS) is 12.9. The molecule has 2 aromatic carbocycles. The molecule has 2 aromatic rings. The van der Waals surface area contributed by atoms with Gasteiger partial charge in [0.25, 0.3) is 0 Å². The highest BCUT2D eigenvalue weighted by Gasteiger charge is 2.72. The molecule has 0 amide bonds. The van der Waals surface area contributed by atoms with Crippen LogP contribution in [0.5, 0.6) is 5.75 Å². The molecule has 4 N–H and O–H groups in total. The van der Waals surface area contributed by atoms with E-state index in [1.165, 1.54) is 13.1 Å². The number of nitrogen functional groups attached to an aromatic ring is 1. The summed E-state index contributed by atoms with van der Waals surface area (Å²) in [4.78, 5) is 0. The van der Waals surface area contributed by atoms with Crippen LogP contribution in [-0.4, -0.2) is 24.5 Å². The second-order valence-electron chi connectivity index (χ2n) is 5.35. The minimum Gasteiger partial charge on any atom is -0.506 e. The topological polar surface area (TPSA) is 58.3 Å². The standard InChI is InChI=1S/C16H14F6N2O/c1-24-11-4-2-3-9(7-11)14(15(17,18)19,16(20,21)22)10-5-6-13(25)12(23)8-10/h2-8,24-25H,23H2,1H3. The molecule has 136 valence electrons. The highest BCUT2D eigenvalue weighted by atomic mass is 19.4. The van der Waals surface area contributed by atoms with Crippen molar-refractivity contribution in [1.29, 1.82) is 0 Å². The number of rotatable bonds is 3. The molecule has 0 heterocycles. The smallest absolute Gasteiger partial charge is 0.411 e. The first-order valence-electron chi connectivity index (χ1n) is 6.96. The SMILES string of the molecule is CNc1cccc(C(c2ccc(O)c(N)c2)(C(F)(F)F)C(F)(F)F)c1. The Morgan fingerprint density at radius 2 is 1.44 bits per heavy atom. The quantitative estimate of drug-likeness (QED) is 0.429. The average Bonchev–Trinajstić information content (AvgIpc) is 2.49. The average molecular weight is 364 g/mol. The van der Waals surface area contributed by atoms with Crippen molar-refractivity contribution in [3.8, 4) is 5.75 Å². The van der Waals surface area contributed by atoms with Crippen LogP contribution in [-0.2, 0) is 5.41 Å². The monoisotopic (exact) mass is 364 g/mol. The van der Waals surface area contributed by atoms with Crippen molar-refractivity contribution in [2.24, 2.45) is 0 Å². The van der Waals surface area contributed by atoms with Gasteiger partial charge < -0.3 is 16.2 Å². The molecule has 0 radical (unpaired) electrons. The number of nitrogens with two attached hydrogens (primary N) is 1. The summed E-state index contributed by atoms with van der Waals surface area (Å²) in [5.41, 5.74) is -1.59. The predicted molar refractivity (Wildman–Crippen MR) is 81.4 cm³/mol. The Morgan fingerprint density at radius 3 is 1.92 bits per heavy atom. The predicted octanol–water partition coefficient (Wildman–Crippen LogP) is 4.43. The van der Waals surface area contributed by atoms with Gasteiger partial charge in [-0.2, -0.15) is 26.3 Å². The number of aromatic hydroxyl groups is 1. The molecule has 0 unspecified atom stereocenters. The lowest BCUT2D eigenvalue weighted by molar-refractivity contribution is -0.288. The van der Waals surface area contributed by atoms with Crippen LogP contribution in [0.3, 0.4) is 0 Å². The second kappa shape index (κ2) is 6.05. The van der Waals surface area contributed by atoms with Crippen LogP contribution in [0, 0.1) is 0 Å². The highest BCUT2D eigenvalue weighted by Crippen LogP contribution is 2.56. The maximum absolute atomic E-state index is 13.9. The second-order valence-corrected chi connectivity index (χ2v) is 5.35. The lowest BCUT2D eigenvalue weighted by atomic mass is 9.72. The molecule has 0 saturated heterocycles. The molecule has 0 fully saturated rings. The maximum Gasteiger partial charge on any atom is 0.411 e. The van der Waals surface area contributed by atoms with Crippen molar-refractivity contribution < 1.29 is 31.4 Å². The Bertz CT molecular complexity index is 756. The number of anilines is 2. The Morgan fingerprint density at radius 1 is 0.880 bits per heavy atom. The van der Waals surface area contributed by atoms with Crippen molar-refractivity contribution >= 4 is 11.4 Å². The van der Waals surface area contributed by atoms with Crippen LogP contribution in [0.4, 0.5) is 37.7 Å². The van der Waals surface area contributed by atoms with Crippen molar-refractivity contribution in [2.75, 3.05) is 18.1 Å². The first-order valence-corrected chi connectivity index (χ1v) is 6.96. The summed E-state index contributed by atoms with van der Waals surface area (Å²) in [6.45, 7) is 0. The summed E-state index contributed by atoms with van der Waals surface area (Å²) in [5, 5.41) is 11.9. The van der Waals surface area contributed by atoms with E-state index in [1.54, 1.807) is 0 Å². The fourth-order valence-corrected chi connectivity index (χ4v) is 2.68. The molecule has 0 spiro atoms. The van der Waals surface area contributed by atoms with Crippen molar-refractivity contribution in [3.63, 3.8) is 0 Å². The highest BCUT2D eigenvalue weighted by molar-refractivity contribution is 5.59. The molecule has 0 aliphatic carbocycles. The molecule has 9 heteroatoms. The number of hydrogen-bond acceptors (Lipinski definition) is 3. The van der Waals surface area contributed by atoms with Gasteiger partial charge in [-0.1, -0.05) is 18.2 Å². The Labute approximate surface area is 139 Å². The molecule has 0 aliphatic heterocycles. The third kappa shape index (κ3) is 2.94. The van der Waals surface area contributed by atoms with Gasteiger partial charge in [-0.3, -0.25) is 0 Å². The van der Waals surface area contributed by atoms with Gasteiger partial charge in [-0.15, -0.1) is 0 Å². The van der Waals surface area contributed by atoms with Gasteiger partial charge >= 0.3 is 12.4 Å². The summed E-state index contributed by atoms with van der Waals surface area (Å²) < 4.78 is 83.2. The van der Waals surface area contributed by atoms with Crippen molar-refractivity contribution in [1.82, 2.24) is 0 Å². The van der Waals surface area contributed by atoms with Gasteiger partial charge in [0.15, 0.2) is 0 Å². The minimum atomic E-state index is -5.71. The van der Waals surface area contributed by atoms with Gasteiger partial charge in [0.2, 0.25) is 5.41 Å². The number of halogens is 6. The summed E-state index contributed by atoms with van der Waals surface area (Å²) in [6.07, 6.45) is -11.4. The first kappa shape index (κ1) is 18.8. The van der Waals surface area contributed by atoms with E-state index < -0.39 is 40.3 Å². The van der Waals surface area contributed by atoms with Crippen molar-refractivity contribution in [3.05, 3.63) is 53.6 Å². The molecule has 0 bridgehead atoms. The lowest BCUT2D eigenvalue weighted by Crippen LogP contribution is -2.54. The third-order valence-electron chi connectivity index (χ3n) is 3.90. The zero-order valence-corrected chi connectivity index (χ0v) is 12.8. The van der Waals surface area contributed by atoms with E-state index in [0.29, 0.717) is 18.2 Å². The maximum atomic E-state index is 13.9. The number of benzene rings is 2. The zero-order valence-electron chi connectivity index (χ0n) is 12.8. The number of phenolic OH excluding ortho intramolecular Hbond substituents is 1. The van der Waals surface area contributed by atoms with E-state index in [-0.39, 0.29) is 5.69 Å². The molecular weight excluding hydrogens is 350 g/mol. The van der Waals surface area contributed by atoms with E-state index >= 15 is 0 Å². The molecule has 0 aliphatic rings. The van der Waals surface area contributed by atoms with Crippen LogP contribution in [0.2, 0.25) is 0 Å². The molecule has 0 atom stereocenters. The molecule has 2 rings (SSSR count). The molecule has 3 nitrogen and oxygen atoms in total. The van der Waals surface area contributed by atoms with Crippen LogP contribution < -0.4 is 11.1 Å². The number of nitrogens with one attached hydrogen (secondary N) is 1. The Hall–Kier alpha value is -2.58. The number of hydrogen-bond donors (Lipinski definition) is 3. The zero-order chi connectivity index (χ0) is 19.0. The number of phenols is 1. The van der Waals surface area contributed by atoms with Gasteiger partial charge in [0.1, 0.15) is 5.75 Å². The van der Waals surface area contributed by atoms with Gasteiger partial charge in [0, 0.05) is 12.7 Å². The minimum absolute atomic E-state index is 0.0853. The van der Waals surface area contributed by atoms with Crippen molar-refractivity contribution in [2.45, 2.75) is 17.8 Å².